The number of morpholine rings is 1. The topological polar surface area (TPSA) is 67.6 Å². The van der Waals surface area contributed by atoms with E-state index in [2.05, 4.69) is 22.3 Å². The summed E-state index contributed by atoms with van der Waals surface area (Å²) in [6, 6.07) is 8.71. The van der Waals surface area contributed by atoms with Gasteiger partial charge in [-0.05, 0) is 50.0 Å². The van der Waals surface area contributed by atoms with Gasteiger partial charge in [0.05, 0.1) is 6.61 Å². The zero-order chi connectivity index (χ0) is 16.2. The van der Waals surface area contributed by atoms with Crippen LogP contribution in [0.3, 0.4) is 0 Å². The molecule has 0 bridgehead atoms. The van der Waals surface area contributed by atoms with Gasteiger partial charge < -0.3 is 15.8 Å². The molecule has 23 heavy (non-hydrogen) atoms. The van der Waals surface area contributed by atoms with Gasteiger partial charge in [0.1, 0.15) is 6.10 Å². The third kappa shape index (κ3) is 4.23. The zero-order valence-electron chi connectivity index (χ0n) is 13.2. The first-order valence-corrected chi connectivity index (χ1v) is 8.63. The molecule has 1 amide bonds. The normalized spacial score (nSPS) is 27.0. The van der Waals surface area contributed by atoms with Crippen molar-refractivity contribution in [2.24, 2.45) is 5.73 Å². The van der Waals surface area contributed by atoms with Crippen molar-refractivity contribution < 1.29 is 9.53 Å². The number of rotatable bonds is 4. The van der Waals surface area contributed by atoms with Crippen molar-refractivity contribution in [1.29, 1.82) is 0 Å². The van der Waals surface area contributed by atoms with Crippen molar-refractivity contribution in [1.82, 2.24) is 10.2 Å². The second-order valence-electron chi connectivity index (χ2n) is 6.39. The van der Waals surface area contributed by atoms with E-state index >= 15 is 0 Å². The van der Waals surface area contributed by atoms with Crippen LogP contribution in [-0.4, -0.2) is 55.2 Å². The Morgan fingerprint density at radius 1 is 1.30 bits per heavy atom. The number of nitrogens with two attached hydrogens (primary N) is 1. The van der Waals surface area contributed by atoms with Crippen LogP contribution in [0.15, 0.2) is 24.3 Å². The van der Waals surface area contributed by atoms with E-state index in [4.69, 9.17) is 22.1 Å². The van der Waals surface area contributed by atoms with E-state index in [0.29, 0.717) is 19.2 Å². The average Bonchev–Trinajstić information content (AvgIpc) is 2.58. The Morgan fingerprint density at radius 3 is 2.65 bits per heavy atom. The second kappa shape index (κ2) is 7.62. The van der Waals surface area contributed by atoms with Gasteiger partial charge in [0.15, 0.2) is 0 Å². The lowest BCUT2D eigenvalue weighted by molar-refractivity contribution is -0.141. The van der Waals surface area contributed by atoms with Crippen LogP contribution in [0.25, 0.3) is 0 Å². The molecule has 2 saturated heterocycles. The van der Waals surface area contributed by atoms with E-state index in [9.17, 15) is 4.79 Å². The summed E-state index contributed by atoms with van der Waals surface area (Å²) in [5.74, 6) is -0.367. The number of ether oxygens (including phenoxy) is 1. The maximum Gasteiger partial charge on any atom is 0.247 e. The zero-order valence-corrected chi connectivity index (χ0v) is 14.0. The van der Waals surface area contributed by atoms with Gasteiger partial charge in [-0.25, -0.2) is 0 Å². The van der Waals surface area contributed by atoms with Gasteiger partial charge in [-0.15, -0.1) is 0 Å². The fourth-order valence-corrected chi connectivity index (χ4v) is 3.67. The van der Waals surface area contributed by atoms with Crippen molar-refractivity contribution >= 4 is 17.5 Å². The van der Waals surface area contributed by atoms with Crippen LogP contribution in [0.5, 0.6) is 0 Å². The number of nitrogens with zero attached hydrogens (tertiary/aromatic N) is 1. The van der Waals surface area contributed by atoms with E-state index in [1.165, 1.54) is 5.56 Å². The summed E-state index contributed by atoms with van der Waals surface area (Å²) in [6.07, 6.45) is 2.60. The molecular weight excluding hydrogens is 314 g/mol. The van der Waals surface area contributed by atoms with Crippen molar-refractivity contribution in [3.8, 4) is 0 Å². The average molecular weight is 338 g/mol. The molecule has 2 heterocycles. The highest BCUT2D eigenvalue weighted by atomic mass is 35.5. The van der Waals surface area contributed by atoms with E-state index in [1.54, 1.807) is 0 Å². The Kier molecular flexibility index (Phi) is 5.54. The second-order valence-corrected chi connectivity index (χ2v) is 6.82. The molecule has 2 atom stereocenters. The van der Waals surface area contributed by atoms with Crippen molar-refractivity contribution in [2.75, 3.05) is 26.2 Å². The van der Waals surface area contributed by atoms with Crippen molar-refractivity contribution in [3.63, 3.8) is 0 Å². The number of amides is 1. The molecule has 0 spiro atoms. The van der Waals surface area contributed by atoms with Crippen LogP contribution in [0.2, 0.25) is 5.02 Å². The molecule has 0 aromatic heterocycles. The van der Waals surface area contributed by atoms with Gasteiger partial charge in [-0.2, -0.15) is 0 Å². The van der Waals surface area contributed by atoms with Crippen LogP contribution < -0.4 is 11.1 Å². The van der Waals surface area contributed by atoms with Crippen LogP contribution in [0.1, 0.15) is 18.4 Å². The molecule has 1 aromatic carbocycles. The van der Waals surface area contributed by atoms with Crippen LogP contribution in [-0.2, 0) is 16.0 Å². The van der Waals surface area contributed by atoms with Crippen LogP contribution in [0, 0.1) is 0 Å². The van der Waals surface area contributed by atoms with E-state index < -0.39 is 6.10 Å². The quantitative estimate of drug-likeness (QED) is 0.866. The van der Waals surface area contributed by atoms with Gasteiger partial charge in [-0.1, -0.05) is 23.7 Å². The monoisotopic (exact) mass is 337 g/mol. The summed E-state index contributed by atoms with van der Waals surface area (Å²) in [7, 11) is 0. The summed E-state index contributed by atoms with van der Waals surface area (Å²) >= 11 is 5.97. The smallest absolute Gasteiger partial charge is 0.247 e. The molecule has 2 aliphatic heterocycles. The van der Waals surface area contributed by atoms with Crippen LogP contribution >= 0.6 is 11.6 Å². The molecule has 126 valence electrons. The third-order valence-corrected chi connectivity index (χ3v) is 5.07. The Hall–Kier alpha value is -1.14. The first-order chi connectivity index (χ1) is 11.1. The summed E-state index contributed by atoms with van der Waals surface area (Å²) in [5.41, 5.74) is 6.69. The predicted octanol–water partition coefficient (Wildman–Crippen LogP) is 1.19. The summed E-state index contributed by atoms with van der Waals surface area (Å²) < 4.78 is 5.71. The Balaban J connectivity index is 1.72. The summed E-state index contributed by atoms with van der Waals surface area (Å²) in [6.45, 7) is 3.19. The summed E-state index contributed by atoms with van der Waals surface area (Å²) in [4.78, 5) is 14.0. The minimum atomic E-state index is -0.494. The van der Waals surface area contributed by atoms with E-state index in [1.807, 2.05) is 12.1 Å². The largest absolute Gasteiger partial charge is 0.367 e. The molecule has 1 aromatic rings. The lowest BCUT2D eigenvalue weighted by Crippen LogP contribution is -2.59. The number of benzene rings is 1. The Bertz CT molecular complexity index is 531. The number of hydrogen-bond acceptors (Lipinski definition) is 4. The minimum absolute atomic E-state index is 0.273. The number of nitrogens with one attached hydrogen (secondary N) is 1. The molecular formula is C17H24ClN3O2. The SMILES string of the molecule is NC(=O)[C@@H]1CN(C2CCNCC2)C(Cc2ccc(Cl)cc2)CO1. The lowest BCUT2D eigenvalue weighted by atomic mass is 9.97. The minimum Gasteiger partial charge on any atom is -0.367 e. The molecule has 5 nitrogen and oxygen atoms in total. The molecule has 2 aliphatic rings. The van der Waals surface area contributed by atoms with Gasteiger partial charge in [0.25, 0.3) is 0 Å². The maximum absolute atomic E-state index is 11.5. The molecule has 1 unspecified atom stereocenters. The lowest BCUT2D eigenvalue weighted by Gasteiger charge is -2.44. The first kappa shape index (κ1) is 16.7. The number of carbonyl (C=O) groups is 1. The summed E-state index contributed by atoms with van der Waals surface area (Å²) in [5, 5.41) is 4.14. The molecule has 0 aliphatic carbocycles. The van der Waals surface area contributed by atoms with E-state index in [-0.39, 0.29) is 11.9 Å². The molecule has 0 saturated carbocycles. The number of primary amides is 1. The van der Waals surface area contributed by atoms with Crippen molar-refractivity contribution in [2.45, 2.75) is 37.5 Å². The molecule has 2 fully saturated rings. The van der Waals surface area contributed by atoms with Gasteiger partial charge in [0.2, 0.25) is 5.91 Å². The first-order valence-electron chi connectivity index (χ1n) is 8.25. The Labute approximate surface area is 142 Å². The standard InChI is InChI=1S/C17H24ClN3O2/c18-13-3-1-12(2-4-13)9-15-11-23-16(17(19)22)10-21(15)14-5-7-20-8-6-14/h1-4,14-16,20H,5-11H2,(H2,19,22)/t15?,16-/m0/s1. The number of halogens is 1. The highest BCUT2D eigenvalue weighted by molar-refractivity contribution is 6.30. The van der Waals surface area contributed by atoms with Crippen LogP contribution in [0.4, 0.5) is 0 Å². The predicted molar refractivity (Wildman–Crippen MR) is 90.5 cm³/mol. The fraction of sp³-hybridized carbons (Fsp3) is 0.588. The van der Waals surface area contributed by atoms with Gasteiger partial charge in [-0.3, -0.25) is 9.69 Å². The van der Waals surface area contributed by atoms with Gasteiger partial charge >= 0.3 is 0 Å². The van der Waals surface area contributed by atoms with E-state index in [0.717, 1.165) is 37.4 Å². The molecule has 6 heteroatoms. The third-order valence-electron chi connectivity index (χ3n) is 4.82. The Morgan fingerprint density at radius 2 is 2.00 bits per heavy atom. The number of hydrogen-bond donors (Lipinski definition) is 2. The number of piperidine rings is 1. The van der Waals surface area contributed by atoms with Crippen molar-refractivity contribution in [3.05, 3.63) is 34.9 Å². The maximum atomic E-state index is 11.5. The molecule has 3 rings (SSSR count). The fourth-order valence-electron chi connectivity index (χ4n) is 3.54. The van der Waals surface area contributed by atoms with Gasteiger partial charge in [0, 0.05) is 23.7 Å². The highest BCUT2D eigenvalue weighted by Gasteiger charge is 2.36. The number of carbonyl (C=O) groups excluding carboxylic acids is 1. The molecule has 3 N–H and O–H groups in total. The highest BCUT2D eigenvalue weighted by Crippen LogP contribution is 2.23. The molecule has 0 radical (unpaired) electrons.